The Labute approximate surface area is 177 Å². The Hall–Kier alpha value is -2.23. The molecule has 2 aliphatic heterocycles. The van der Waals surface area contributed by atoms with E-state index in [0.29, 0.717) is 5.92 Å². The Bertz CT molecular complexity index is 974. The molecule has 0 N–H and O–H groups in total. The van der Waals surface area contributed by atoms with Gasteiger partial charge in [-0.25, -0.2) is 0 Å². The summed E-state index contributed by atoms with van der Waals surface area (Å²) in [6.45, 7) is 4.26. The van der Waals surface area contributed by atoms with Crippen LogP contribution in [0.3, 0.4) is 0 Å². The van der Waals surface area contributed by atoms with Crippen LogP contribution in [0.25, 0.3) is 0 Å². The second-order valence-corrected chi connectivity index (χ2v) is 8.70. The maximum atomic E-state index is 6.60. The first kappa shape index (κ1) is 18.8. The maximum Gasteiger partial charge on any atom is 0.141 e. The molecule has 150 valence electrons. The van der Waals surface area contributed by atoms with Gasteiger partial charge in [0.15, 0.2) is 0 Å². The van der Waals surface area contributed by atoms with Crippen LogP contribution in [0.15, 0.2) is 66.9 Å². The van der Waals surface area contributed by atoms with E-state index in [1.165, 1.54) is 29.7 Å². The molecule has 1 fully saturated rings. The molecule has 2 aromatic carbocycles. The monoisotopic (exact) mass is 406 g/mol. The number of hydrogen-bond acceptors (Lipinski definition) is 2. The fraction of sp³-hybridized carbons (Fsp3) is 0.360. The molecule has 3 aromatic rings. The number of halogens is 1. The van der Waals surface area contributed by atoms with Gasteiger partial charge < -0.3 is 14.2 Å². The molecule has 1 unspecified atom stereocenters. The zero-order valence-corrected chi connectivity index (χ0v) is 17.4. The number of ether oxygens (including phenoxy) is 1. The fourth-order valence-corrected chi connectivity index (χ4v) is 4.97. The van der Waals surface area contributed by atoms with E-state index in [4.69, 9.17) is 16.3 Å². The summed E-state index contributed by atoms with van der Waals surface area (Å²) in [6.07, 6.45) is 5.74. The predicted octanol–water partition coefficient (Wildman–Crippen LogP) is 5.58. The molecule has 0 amide bonds. The summed E-state index contributed by atoms with van der Waals surface area (Å²) >= 11 is 6.12. The first-order valence-corrected chi connectivity index (χ1v) is 11.0. The molecule has 0 aliphatic carbocycles. The highest BCUT2D eigenvalue weighted by atomic mass is 35.5. The summed E-state index contributed by atoms with van der Waals surface area (Å²) in [5.74, 6) is 1.60. The molecule has 3 nitrogen and oxygen atoms in total. The molecule has 5 rings (SSSR count). The van der Waals surface area contributed by atoms with E-state index in [1.54, 1.807) is 0 Å². The lowest BCUT2D eigenvalue weighted by atomic mass is 9.89. The van der Waals surface area contributed by atoms with Gasteiger partial charge in [0.05, 0.1) is 12.2 Å². The quantitative estimate of drug-likeness (QED) is 0.562. The molecular weight excluding hydrogens is 380 g/mol. The number of piperidine rings is 1. The minimum atomic E-state index is 0.142. The largest absolute Gasteiger partial charge is 0.484 e. The zero-order valence-electron chi connectivity index (χ0n) is 16.6. The van der Waals surface area contributed by atoms with E-state index in [2.05, 4.69) is 64.2 Å². The number of fused-ring (bicyclic) bond motifs is 2. The summed E-state index contributed by atoms with van der Waals surface area (Å²) in [7, 11) is 0. The molecule has 0 spiro atoms. The first-order chi connectivity index (χ1) is 14.3. The van der Waals surface area contributed by atoms with Gasteiger partial charge in [0.2, 0.25) is 0 Å². The van der Waals surface area contributed by atoms with Crippen molar-refractivity contribution in [2.45, 2.75) is 31.9 Å². The summed E-state index contributed by atoms with van der Waals surface area (Å²) in [6, 6.07) is 21.1. The third kappa shape index (κ3) is 4.08. The van der Waals surface area contributed by atoms with E-state index in [0.717, 1.165) is 43.4 Å². The third-order valence-electron chi connectivity index (χ3n) is 6.39. The van der Waals surface area contributed by atoms with Crippen molar-refractivity contribution in [1.29, 1.82) is 0 Å². The molecule has 2 aliphatic rings. The molecule has 0 saturated carbocycles. The SMILES string of the molecule is Clc1cccc(CCN2CCC(C3Oc4ccccc4Cn4cccc43)CC2)c1. The molecule has 29 heavy (non-hydrogen) atoms. The Balaban J connectivity index is 1.25. The first-order valence-electron chi connectivity index (χ1n) is 10.6. The lowest BCUT2D eigenvalue weighted by molar-refractivity contribution is 0.0745. The molecule has 3 heterocycles. The number of benzene rings is 2. The van der Waals surface area contributed by atoms with Crippen molar-refractivity contribution in [2.24, 2.45) is 5.92 Å². The topological polar surface area (TPSA) is 17.4 Å². The summed E-state index contributed by atoms with van der Waals surface area (Å²) in [5.41, 5.74) is 3.91. The van der Waals surface area contributed by atoms with Crippen molar-refractivity contribution < 1.29 is 4.74 Å². The van der Waals surface area contributed by atoms with Crippen LogP contribution < -0.4 is 4.74 Å². The highest BCUT2D eigenvalue weighted by molar-refractivity contribution is 6.30. The lowest BCUT2D eigenvalue weighted by Gasteiger charge is -2.36. The highest BCUT2D eigenvalue weighted by Gasteiger charge is 2.32. The third-order valence-corrected chi connectivity index (χ3v) is 6.62. The Kier molecular flexibility index (Phi) is 5.34. The normalized spacial score (nSPS) is 19.8. The zero-order chi connectivity index (χ0) is 19.6. The number of nitrogens with zero attached hydrogens (tertiary/aromatic N) is 2. The van der Waals surface area contributed by atoms with E-state index in [9.17, 15) is 0 Å². The van der Waals surface area contributed by atoms with Gasteiger partial charge >= 0.3 is 0 Å². The van der Waals surface area contributed by atoms with Crippen molar-refractivity contribution in [3.63, 3.8) is 0 Å². The molecule has 1 saturated heterocycles. The van der Waals surface area contributed by atoms with Crippen molar-refractivity contribution in [3.8, 4) is 5.75 Å². The van der Waals surface area contributed by atoms with E-state index in [1.807, 2.05) is 12.1 Å². The van der Waals surface area contributed by atoms with Gasteiger partial charge in [-0.2, -0.15) is 0 Å². The van der Waals surface area contributed by atoms with E-state index >= 15 is 0 Å². The van der Waals surface area contributed by atoms with Gasteiger partial charge in [0.25, 0.3) is 0 Å². The Morgan fingerprint density at radius 2 is 1.83 bits per heavy atom. The second kappa shape index (κ2) is 8.25. The van der Waals surface area contributed by atoms with Crippen LogP contribution in [0, 0.1) is 5.92 Å². The number of rotatable bonds is 4. The van der Waals surface area contributed by atoms with Crippen LogP contribution in [0.4, 0.5) is 0 Å². The maximum absolute atomic E-state index is 6.60. The number of hydrogen-bond donors (Lipinski definition) is 0. The van der Waals surface area contributed by atoms with Gasteiger partial charge in [0.1, 0.15) is 11.9 Å². The van der Waals surface area contributed by atoms with Gasteiger partial charge in [0, 0.05) is 29.2 Å². The van der Waals surface area contributed by atoms with E-state index in [-0.39, 0.29) is 6.10 Å². The summed E-state index contributed by atoms with van der Waals surface area (Å²) in [5, 5.41) is 0.829. The second-order valence-electron chi connectivity index (χ2n) is 8.27. The minimum Gasteiger partial charge on any atom is -0.484 e. The summed E-state index contributed by atoms with van der Waals surface area (Å²) in [4.78, 5) is 2.58. The minimum absolute atomic E-state index is 0.142. The lowest BCUT2D eigenvalue weighted by Crippen LogP contribution is -2.38. The standard InChI is InChI=1S/C25H27ClN2O/c26-22-7-3-5-19(17-22)10-14-27-15-11-20(12-16-27)25-23-8-4-13-28(23)18-21-6-1-2-9-24(21)29-25/h1-9,13,17,20,25H,10-12,14-16,18H2. The van der Waals surface area contributed by atoms with Gasteiger partial charge in [-0.1, -0.05) is 41.9 Å². The van der Waals surface area contributed by atoms with Gasteiger partial charge in [-0.15, -0.1) is 0 Å². The summed E-state index contributed by atoms with van der Waals surface area (Å²) < 4.78 is 8.97. The number of aromatic nitrogens is 1. The fourth-order valence-electron chi connectivity index (χ4n) is 4.76. The molecule has 1 atom stereocenters. The molecule has 4 heteroatoms. The molecule has 1 aromatic heterocycles. The number of likely N-dealkylation sites (tertiary alicyclic amines) is 1. The van der Waals surface area contributed by atoms with E-state index < -0.39 is 0 Å². The smallest absolute Gasteiger partial charge is 0.141 e. The Morgan fingerprint density at radius 1 is 0.966 bits per heavy atom. The average molecular weight is 407 g/mol. The van der Waals surface area contributed by atoms with Crippen LogP contribution in [-0.4, -0.2) is 29.1 Å². The van der Waals surface area contributed by atoms with Crippen molar-refractivity contribution in [3.05, 3.63) is 88.7 Å². The van der Waals surface area contributed by atoms with Crippen molar-refractivity contribution in [2.75, 3.05) is 19.6 Å². The van der Waals surface area contributed by atoms with Crippen LogP contribution in [0.2, 0.25) is 5.02 Å². The van der Waals surface area contributed by atoms with Crippen LogP contribution in [-0.2, 0) is 13.0 Å². The van der Waals surface area contributed by atoms with Crippen LogP contribution >= 0.6 is 11.6 Å². The van der Waals surface area contributed by atoms with Gasteiger partial charge in [-0.05, 0) is 68.2 Å². The predicted molar refractivity (Wildman–Crippen MR) is 118 cm³/mol. The molecule has 0 radical (unpaired) electrons. The number of para-hydroxylation sites is 1. The highest BCUT2D eigenvalue weighted by Crippen LogP contribution is 2.38. The van der Waals surface area contributed by atoms with Crippen molar-refractivity contribution >= 4 is 11.6 Å². The average Bonchev–Trinajstić information content (AvgIpc) is 3.14. The Morgan fingerprint density at radius 3 is 2.69 bits per heavy atom. The van der Waals surface area contributed by atoms with Crippen LogP contribution in [0.5, 0.6) is 5.75 Å². The molecule has 0 bridgehead atoms. The van der Waals surface area contributed by atoms with Crippen LogP contribution in [0.1, 0.15) is 35.8 Å². The van der Waals surface area contributed by atoms with Gasteiger partial charge in [-0.3, -0.25) is 0 Å². The molecular formula is C25H27ClN2O. The van der Waals surface area contributed by atoms with Crippen molar-refractivity contribution in [1.82, 2.24) is 9.47 Å².